The quantitative estimate of drug-likeness (QED) is 0.862. The molecule has 4 heteroatoms. The molecule has 2 heterocycles. The first kappa shape index (κ1) is 13.3. The van der Waals surface area contributed by atoms with Crippen molar-refractivity contribution in [1.29, 1.82) is 0 Å². The molecule has 1 saturated heterocycles. The van der Waals surface area contributed by atoms with Gasteiger partial charge in [0.1, 0.15) is 11.6 Å². The number of aryl methyl sites for hydroxylation is 1. The van der Waals surface area contributed by atoms with E-state index in [9.17, 15) is 0 Å². The first-order valence-corrected chi connectivity index (χ1v) is 6.90. The van der Waals surface area contributed by atoms with Gasteiger partial charge < -0.3 is 10.6 Å². The van der Waals surface area contributed by atoms with Gasteiger partial charge >= 0.3 is 0 Å². The molecule has 0 aliphatic carbocycles. The minimum atomic E-state index is 0.373. The molecule has 0 radical (unpaired) electrons. The molecule has 2 rings (SSSR count). The molecule has 1 aliphatic rings. The van der Waals surface area contributed by atoms with E-state index in [1.165, 1.54) is 0 Å². The average molecular weight is 248 g/mol. The SMILES string of the molecule is Cc1cc(NC2CCNC(C)C2)nc(C(C)C)n1. The van der Waals surface area contributed by atoms with Crippen LogP contribution in [-0.2, 0) is 0 Å². The first-order chi connectivity index (χ1) is 8.54. The van der Waals surface area contributed by atoms with Crippen molar-refractivity contribution in [2.75, 3.05) is 11.9 Å². The fourth-order valence-electron chi connectivity index (χ4n) is 2.40. The van der Waals surface area contributed by atoms with E-state index in [-0.39, 0.29) is 0 Å². The Morgan fingerprint density at radius 2 is 2.17 bits per heavy atom. The predicted molar refractivity (Wildman–Crippen MR) is 75.0 cm³/mol. The smallest absolute Gasteiger partial charge is 0.133 e. The Morgan fingerprint density at radius 3 is 2.83 bits per heavy atom. The lowest BCUT2D eigenvalue weighted by Crippen LogP contribution is -2.41. The number of piperidine rings is 1. The number of aromatic nitrogens is 2. The van der Waals surface area contributed by atoms with E-state index >= 15 is 0 Å². The van der Waals surface area contributed by atoms with Crippen molar-refractivity contribution >= 4 is 5.82 Å². The maximum absolute atomic E-state index is 4.61. The number of nitrogens with zero attached hydrogens (tertiary/aromatic N) is 2. The van der Waals surface area contributed by atoms with Crippen LogP contribution in [0.2, 0.25) is 0 Å². The summed E-state index contributed by atoms with van der Waals surface area (Å²) in [4.78, 5) is 9.09. The van der Waals surface area contributed by atoms with Crippen molar-refractivity contribution in [3.8, 4) is 0 Å². The van der Waals surface area contributed by atoms with Crippen LogP contribution in [0.5, 0.6) is 0 Å². The molecule has 1 aromatic heterocycles. The summed E-state index contributed by atoms with van der Waals surface area (Å²) in [6.45, 7) is 9.61. The van der Waals surface area contributed by atoms with E-state index in [1.54, 1.807) is 0 Å². The molecule has 0 aromatic carbocycles. The zero-order valence-corrected chi connectivity index (χ0v) is 11.8. The maximum Gasteiger partial charge on any atom is 0.133 e. The second-order valence-electron chi connectivity index (χ2n) is 5.63. The zero-order chi connectivity index (χ0) is 13.1. The Kier molecular flexibility index (Phi) is 4.17. The van der Waals surface area contributed by atoms with E-state index in [2.05, 4.69) is 41.4 Å². The summed E-state index contributed by atoms with van der Waals surface area (Å²) in [5.74, 6) is 2.28. The normalized spacial score (nSPS) is 24.3. The van der Waals surface area contributed by atoms with Crippen LogP contribution in [-0.4, -0.2) is 28.6 Å². The number of nitrogens with one attached hydrogen (secondary N) is 2. The third-order valence-corrected chi connectivity index (χ3v) is 3.36. The van der Waals surface area contributed by atoms with Gasteiger partial charge in [0.05, 0.1) is 0 Å². The Bertz CT molecular complexity index is 403. The van der Waals surface area contributed by atoms with Gasteiger partial charge in [0.25, 0.3) is 0 Å². The molecule has 1 aromatic rings. The lowest BCUT2D eigenvalue weighted by Gasteiger charge is -2.29. The van der Waals surface area contributed by atoms with Gasteiger partial charge in [-0.1, -0.05) is 13.8 Å². The molecule has 1 fully saturated rings. The largest absolute Gasteiger partial charge is 0.367 e. The molecule has 0 spiro atoms. The van der Waals surface area contributed by atoms with Crippen LogP contribution in [0.25, 0.3) is 0 Å². The molecule has 4 nitrogen and oxygen atoms in total. The molecule has 18 heavy (non-hydrogen) atoms. The van der Waals surface area contributed by atoms with Crippen molar-refractivity contribution in [3.05, 3.63) is 17.6 Å². The van der Waals surface area contributed by atoms with Gasteiger partial charge in [-0.15, -0.1) is 0 Å². The lowest BCUT2D eigenvalue weighted by molar-refractivity contribution is 0.395. The van der Waals surface area contributed by atoms with Gasteiger partial charge in [-0.3, -0.25) is 0 Å². The Labute approximate surface area is 110 Å². The summed E-state index contributed by atoms with van der Waals surface area (Å²) in [5.41, 5.74) is 1.04. The highest BCUT2D eigenvalue weighted by molar-refractivity contribution is 5.37. The molecule has 2 atom stereocenters. The molecule has 2 N–H and O–H groups in total. The average Bonchev–Trinajstić information content (AvgIpc) is 2.28. The highest BCUT2D eigenvalue weighted by atomic mass is 15.1. The van der Waals surface area contributed by atoms with Crippen molar-refractivity contribution in [1.82, 2.24) is 15.3 Å². The van der Waals surface area contributed by atoms with Gasteiger partial charge in [-0.25, -0.2) is 9.97 Å². The third-order valence-electron chi connectivity index (χ3n) is 3.36. The van der Waals surface area contributed by atoms with Crippen molar-refractivity contribution in [2.24, 2.45) is 0 Å². The highest BCUT2D eigenvalue weighted by Crippen LogP contribution is 2.17. The van der Waals surface area contributed by atoms with Crippen molar-refractivity contribution < 1.29 is 0 Å². The van der Waals surface area contributed by atoms with Gasteiger partial charge in [0.2, 0.25) is 0 Å². The number of hydrogen-bond donors (Lipinski definition) is 2. The number of anilines is 1. The number of hydrogen-bond acceptors (Lipinski definition) is 4. The van der Waals surface area contributed by atoms with Gasteiger partial charge in [0.15, 0.2) is 0 Å². The highest BCUT2D eigenvalue weighted by Gasteiger charge is 2.18. The molecule has 1 aliphatic heterocycles. The topological polar surface area (TPSA) is 49.8 Å². The maximum atomic E-state index is 4.61. The van der Waals surface area contributed by atoms with E-state index in [0.717, 1.165) is 36.7 Å². The summed E-state index contributed by atoms with van der Waals surface area (Å²) >= 11 is 0. The second-order valence-corrected chi connectivity index (χ2v) is 5.63. The summed E-state index contributed by atoms with van der Waals surface area (Å²) in [6, 6.07) is 3.15. The zero-order valence-electron chi connectivity index (χ0n) is 11.8. The summed E-state index contributed by atoms with van der Waals surface area (Å²) < 4.78 is 0. The predicted octanol–water partition coefficient (Wildman–Crippen LogP) is 2.46. The standard InChI is InChI=1S/C14H24N4/c1-9(2)14-16-11(4)8-13(18-14)17-12-5-6-15-10(3)7-12/h8-10,12,15H,5-7H2,1-4H3,(H,16,17,18). The fraction of sp³-hybridized carbons (Fsp3) is 0.714. The fourth-order valence-corrected chi connectivity index (χ4v) is 2.40. The van der Waals surface area contributed by atoms with Gasteiger partial charge in [0, 0.05) is 29.8 Å². The van der Waals surface area contributed by atoms with E-state index in [1.807, 2.05) is 13.0 Å². The summed E-state index contributed by atoms with van der Waals surface area (Å²) in [6.07, 6.45) is 2.31. The second kappa shape index (κ2) is 5.65. The first-order valence-electron chi connectivity index (χ1n) is 6.90. The van der Waals surface area contributed by atoms with Crippen LogP contribution < -0.4 is 10.6 Å². The molecule has 0 saturated carbocycles. The van der Waals surface area contributed by atoms with E-state index in [4.69, 9.17) is 0 Å². The lowest BCUT2D eigenvalue weighted by atomic mass is 10.0. The van der Waals surface area contributed by atoms with Crippen LogP contribution >= 0.6 is 0 Å². The van der Waals surface area contributed by atoms with Gasteiger partial charge in [-0.2, -0.15) is 0 Å². The van der Waals surface area contributed by atoms with Crippen LogP contribution in [0, 0.1) is 6.92 Å². The van der Waals surface area contributed by atoms with Gasteiger partial charge in [-0.05, 0) is 33.2 Å². The molecular weight excluding hydrogens is 224 g/mol. The minimum absolute atomic E-state index is 0.373. The summed E-state index contributed by atoms with van der Waals surface area (Å²) in [5, 5.41) is 7.02. The third kappa shape index (κ3) is 3.42. The Morgan fingerprint density at radius 1 is 1.39 bits per heavy atom. The monoisotopic (exact) mass is 248 g/mol. The Balaban J connectivity index is 2.08. The molecule has 0 amide bonds. The van der Waals surface area contributed by atoms with Crippen LogP contribution in [0.1, 0.15) is 51.0 Å². The van der Waals surface area contributed by atoms with Crippen LogP contribution in [0.4, 0.5) is 5.82 Å². The van der Waals surface area contributed by atoms with E-state index < -0.39 is 0 Å². The minimum Gasteiger partial charge on any atom is -0.367 e. The van der Waals surface area contributed by atoms with E-state index in [0.29, 0.717) is 18.0 Å². The molecule has 2 unspecified atom stereocenters. The number of rotatable bonds is 3. The molecule has 100 valence electrons. The molecule has 0 bridgehead atoms. The van der Waals surface area contributed by atoms with Crippen LogP contribution in [0.3, 0.4) is 0 Å². The molecular formula is C14H24N4. The van der Waals surface area contributed by atoms with Crippen molar-refractivity contribution in [3.63, 3.8) is 0 Å². The van der Waals surface area contributed by atoms with Crippen LogP contribution in [0.15, 0.2) is 6.07 Å². The Hall–Kier alpha value is -1.16. The summed E-state index contributed by atoms with van der Waals surface area (Å²) in [7, 11) is 0. The van der Waals surface area contributed by atoms with Crippen molar-refractivity contribution in [2.45, 2.75) is 58.5 Å².